The van der Waals surface area contributed by atoms with Crippen LogP contribution in [0, 0.1) is 12.8 Å². The predicted molar refractivity (Wildman–Crippen MR) is 232 cm³/mol. The number of carbonyl (C=O) groups is 2. The molecule has 3 aliphatic heterocycles. The fraction of sp³-hybridized carbons (Fsp3) is 0.511. The maximum atomic E-state index is 12.6. The molecule has 304 valence electrons. The highest BCUT2D eigenvalue weighted by atomic mass is 35.5. The number of ether oxygens (including phenoxy) is 1. The molecule has 2 aromatic rings. The summed E-state index contributed by atoms with van der Waals surface area (Å²) in [5.41, 5.74) is 12.5. The summed E-state index contributed by atoms with van der Waals surface area (Å²) >= 11 is 6.38. The number of aryl methyl sites for hydroxylation is 1. The van der Waals surface area contributed by atoms with E-state index < -0.39 is 6.04 Å². The smallest absolute Gasteiger partial charge is 0.242 e. The molecule has 3 saturated heterocycles. The van der Waals surface area contributed by atoms with Crippen LogP contribution in [0.3, 0.4) is 0 Å². The number of piperazine rings is 1. The third kappa shape index (κ3) is 11.4. The standard InChI is InChI=1S/C45H64ClN7O3/c1-6-7-11-44(45(55)48-4)49(5)35(3)42-15-14-38(30-37(42)33-54)52-22-18-41(19-23-52)56-29-28-50-24-26-53(27-25-50)40(32-47)10-8-9-36-16-20-51(21-17-36)39-13-12-34(2)43(46)31-39/h6,8,10,12-15,30-33,36,41,44H,1,3,7,9,11,16-29,47H2,2,4-5H3,(H,48,55)/b10-8-,40-32+. The minimum atomic E-state index is -0.404. The molecule has 3 fully saturated rings. The van der Waals surface area contributed by atoms with Crippen LogP contribution >= 0.6 is 11.6 Å². The first-order valence-electron chi connectivity index (χ1n) is 20.4. The second kappa shape index (κ2) is 21.3. The van der Waals surface area contributed by atoms with Crippen molar-refractivity contribution in [2.24, 2.45) is 11.7 Å². The first-order chi connectivity index (χ1) is 27.1. The maximum absolute atomic E-state index is 12.6. The number of piperidine rings is 2. The molecular formula is C45H64ClN7O3. The average molecular weight is 787 g/mol. The number of halogens is 1. The van der Waals surface area contributed by atoms with Gasteiger partial charge in [0.1, 0.15) is 6.04 Å². The van der Waals surface area contributed by atoms with E-state index in [-0.39, 0.29) is 12.0 Å². The van der Waals surface area contributed by atoms with E-state index in [1.165, 1.54) is 18.5 Å². The molecular weight excluding hydrogens is 722 g/mol. The number of nitrogens with zero attached hydrogens (tertiary/aromatic N) is 5. The molecule has 1 amide bonds. The van der Waals surface area contributed by atoms with Crippen molar-refractivity contribution < 1.29 is 14.3 Å². The lowest BCUT2D eigenvalue weighted by Crippen LogP contribution is -2.47. The largest absolute Gasteiger partial charge is 0.403 e. The summed E-state index contributed by atoms with van der Waals surface area (Å²) < 4.78 is 6.37. The molecule has 2 aromatic carbocycles. The first-order valence-corrected chi connectivity index (χ1v) is 20.8. The minimum absolute atomic E-state index is 0.0889. The molecule has 11 heteroatoms. The highest BCUT2D eigenvalue weighted by Gasteiger charge is 2.26. The zero-order valence-electron chi connectivity index (χ0n) is 33.9. The molecule has 1 unspecified atom stereocenters. The van der Waals surface area contributed by atoms with E-state index in [0.717, 1.165) is 119 Å². The molecule has 3 aliphatic rings. The Morgan fingerprint density at radius 1 is 1.02 bits per heavy atom. The zero-order chi connectivity index (χ0) is 40.0. The van der Waals surface area contributed by atoms with Crippen LogP contribution in [-0.2, 0) is 9.53 Å². The van der Waals surface area contributed by atoms with E-state index in [9.17, 15) is 9.59 Å². The number of nitrogens with two attached hydrogens (primary N) is 1. The van der Waals surface area contributed by atoms with Crippen molar-refractivity contribution in [2.75, 3.05) is 89.4 Å². The van der Waals surface area contributed by atoms with Crippen molar-refractivity contribution >= 4 is 40.9 Å². The number of anilines is 2. The maximum Gasteiger partial charge on any atom is 0.242 e. The summed E-state index contributed by atoms with van der Waals surface area (Å²) in [6, 6.07) is 11.9. The molecule has 0 saturated carbocycles. The monoisotopic (exact) mass is 785 g/mol. The van der Waals surface area contributed by atoms with E-state index in [0.29, 0.717) is 30.0 Å². The van der Waals surface area contributed by atoms with E-state index in [1.54, 1.807) is 19.3 Å². The van der Waals surface area contributed by atoms with Crippen LogP contribution in [0.1, 0.15) is 66.4 Å². The highest BCUT2D eigenvalue weighted by Crippen LogP contribution is 2.30. The lowest BCUT2D eigenvalue weighted by Gasteiger charge is -2.37. The quantitative estimate of drug-likeness (QED) is 0.0972. The van der Waals surface area contributed by atoms with Gasteiger partial charge >= 0.3 is 0 Å². The summed E-state index contributed by atoms with van der Waals surface area (Å²) in [6.07, 6.45) is 15.8. The molecule has 1 atom stereocenters. The predicted octanol–water partition coefficient (Wildman–Crippen LogP) is 6.71. The summed E-state index contributed by atoms with van der Waals surface area (Å²) in [6.45, 7) is 19.5. The van der Waals surface area contributed by atoms with Crippen LogP contribution in [0.2, 0.25) is 5.02 Å². The van der Waals surface area contributed by atoms with Gasteiger partial charge < -0.3 is 35.4 Å². The van der Waals surface area contributed by atoms with Crippen LogP contribution < -0.4 is 20.9 Å². The third-order valence-electron chi connectivity index (χ3n) is 11.9. The molecule has 3 N–H and O–H groups in total. The summed E-state index contributed by atoms with van der Waals surface area (Å²) in [7, 11) is 3.48. The number of aldehydes is 1. The van der Waals surface area contributed by atoms with Gasteiger partial charge in [0.05, 0.1) is 18.4 Å². The zero-order valence-corrected chi connectivity index (χ0v) is 34.7. The van der Waals surface area contributed by atoms with Gasteiger partial charge in [-0.2, -0.15) is 0 Å². The number of rotatable bonds is 18. The fourth-order valence-electron chi connectivity index (χ4n) is 8.14. The summed E-state index contributed by atoms with van der Waals surface area (Å²) in [4.78, 5) is 36.4. The first kappa shape index (κ1) is 42.9. The van der Waals surface area contributed by atoms with E-state index in [1.807, 2.05) is 31.0 Å². The van der Waals surface area contributed by atoms with Crippen molar-refractivity contribution in [1.82, 2.24) is 20.0 Å². The van der Waals surface area contributed by atoms with Gasteiger partial charge in [-0.15, -0.1) is 6.58 Å². The van der Waals surface area contributed by atoms with Gasteiger partial charge in [-0.3, -0.25) is 14.5 Å². The molecule has 0 radical (unpaired) electrons. The lowest BCUT2D eigenvalue weighted by molar-refractivity contribution is -0.124. The van der Waals surface area contributed by atoms with Gasteiger partial charge in [0.2, 0.25) is 5.91 Å². The van der Waals surface area contributed by atoms with Gasteiger partial charge in [0, 0.05) is 112 Å². The Morgan fingerprint density at radius 3 is 2.30 bits per heavy atom. The topological polar surface area (TPSA) is 97.6 Å². The molecule has 0 aliphatic carbocycles. The number of likely N-dealkylation sites (N-methyl/N-ethyl adjacent to an activating group) is 2. The van der Waals surface area contributed by atoms with Crippen molar-refractivity contribution in [3.05, 3.63) is 101 Å². The Bertz CT molecular complexity index is 1690. The van der Waals surface area contributed by atoms with Crippen molar-refractivity contribution in [3.8, 4) is 0 Å². The van der Waals surface area contributed by atoms with Gasteiger partial charge in [0.25, 0.3) is 0 Å². The molecule has 56 heavy (non-hydrogen) atoms. The number of amides is 1. The number of hydrogen-bond acceptors (Lipinski definition) is 9. The van der Waals surface area contributed by atoms with Gasteiger partial charge in [0.15, 0.2) is 6.29 Å². The Kier molecular flexibility index (Phi) is 16.3. The van der Waals surface area contributed by atoms with Crippen molar-refractivity contribution in [1.29, 1.82) is 0 Å². The van der Waals surface area contributed by atoms with Gasteiger partial charge in [-0.25, -0.2) is 0 Å². The average Bonchev–Trinajstić information content (AvgIpc) is 3.23. The number of nitrogens with one attached hydrogen (secondary N) is 1. The molecule has 10 nitrogen and oxygen atoms in total. The van der Waals surface area contributed by atoms with E-state index >= 15 is 0 Å². The SMILES string of the molecule is C=CCCC(C(=O)NC)N(C)C(=C)c1ccc(N2CCC(OCCN3CCN(C(/C=C\CC4CCN(c5ccc(C)c(Cl)c5)CC4)=C/N)CC3)CC2)cc1C=O. The van der Waals surface area contributed by atoms with E-state index in [2.05, 4.69) is 74.5 Å². The second-order valence-corrected chi connectivity index (χ2v) is 15.8. The number of allylic oxidation sites excluding steroid dienone is 3. The van der Waals surface area contributed by atoms with Crippen LogP contribution in [0.4, 0.5) is 11.4 Å². The Hall–Kier alpha value is -4.25. The molecule has 5 rings (SSSR count). The number of hydrogen-bond donors (Lipinski definition) is 2. The Labute approximate surface area is 340 Å². The Morgan fingerprint density at radius 2 is 1.68 bits per heavy atom. The lowest BCUT2D eigenvalue weighted by atomic mass is 9.93. The van der Waals surface area contributed by atoms with Crippen molar-refractivity contribution in [3.63, 3.8) is 0 Å². The van der Waals surface area contributed by atoms with Crippen LogP contribution in [0.25, 0.3) is 5.70 Å². The van der Waals surface area contributed by atoms with Crippen LogP contribution in [-0.4, -0.2) is 119 Å². The second-order valence-electron chi connectivity index (χ2n) is 15.4. The summed E-state index contributed by atoms with van der Waals surface area (Å²) in [5, 5.41) is 3.59. The number of benzene rings is 2. The minimum Gasteiger partial charge on any atom is -0.403 e. The Balaban J connectivity index is 0.990. The molecule has 0 spiro atoms. The van der Waals surface area contributed by atoms with Gasteiger partial charge in [-0.05, 0) is 93.7 Å². The van der Waals surface area contributed by atoms with Crippen LogP contribution in [0.15, 0.2) is 79.7 Å². The number of carbonyl (C=O) groups excluding carboxylic acids is 2. The van der Waals surface area contributed by atoms with Gasteiger partial charge in [-0.1, -0.05) is 42.5 Å². The van der Waals surface area contributed by atoms with Crippen LogP contribution in [0.5, 0.6) is 0 Å². The molecule has 0 bridgehead atoms. The molecule has 3 heterocycles. The fourth-order valence-corrected chi connectivity index (χ4v) is 8.31. The highest BCUT2D eigenvalue weighted by molar-refractivity contribution is 6.31. The third-order valence-corrected chi connectivity index (χ3v) is 12.3. The van der Waals surface area contributed by atoms with Crippen molar-refractivity contribution in [2.45, 2.75) is 64.0 Å². The summed E-state index contributed by atoms with van der Waals surface area (Å²) in [5.74, 6) is 0.602. The van der Waals surface area contributed by atoms with E-state index in [4.69, 9.17) is 22.1 Å². The molecule has 0 aromatic heterocycles. The normalized spacial score (nSPS) is 18.3.